The summed E-state index contributed by atoms with van der Waals surface area (Å²) in [5.41, 5.74) is 0.758. The second kappa shape index (κ2) is 7.27. The Morgan fingerprint density at radius 2 is 1.67 bits per heavy atom. The summed E-state index contributed by atoms with van der Waals surface area (Å²) in [7, 11) is 2.26. The molecule has 92 valence electrons. The minimum atomic E-state index is 0.758. The molecule has 15 heavy (non-hydrogen) atoms. The lowest BCUT2D eigenvalue weighted by molar-refractivity contribution is 0.281. The predicted molar refractivity (Wildman–Crippen MR) is 70.3 cm³/mol. The van der Waals surface area contributed by atoms with Crippen molar-refractivity contribution in [2.24, 2.45) is 11.3 Å². The molecule has 1 saturated heterocycles. The molecule has 0 aromatic rings. The van der Waals surface area contributed by atoms with Gasteiger partial charge >= 0.3 is 0 Å². The van der Waals surface area contributed by atoms with Crippen LogP contribution in [0.3, 0.4) is 0 Å². The monoisotopic (exact) mass is 213 g/mol. The summed E-state index contributed by atoms with van der Waals surface area (Å²) in [4.78, 5) is 2.50. The summed E-state index contributed by atoms with van der Waals surface area (Å²) in [6.07, 6.45) is 5.94. The van der Waals surface area contributed by atoms with Crippen LogP contribution in [0.4, 0.5) is 0 Å². The molecule has 2 aliphatic rings. The average molecular weight is 213 g/mol. The normalized spacial score (nSPS) is 34.4. The van der Waals surface area contributed by atoms with Gasteiger partial charge in [0.25, 0.3) is 0 Å². The number of rotatable bonds is 0. The molecule has 0 bridgehead atoms. The third kappa shape index (κ3) is 4.14. The third-order valence-electron chi connectivity index (χ3n) is 3.58. The van der Waals surface area contributed by atoms with Crippen molar-refractivity contribution in [1.82, 2.24) is 4.90 Å². The fraction of sp³-hybridized carbons (Fsp3) is 1.00. The van der Waals surface area contributed by atoms with Gasteiger partial charge in [-0.15, -0.1) is 0 Å². The van der Waals surface area contributed by atoms with Crippen molar-refractivity contribution in [2.75, 3.05) is 20.1 Å². The molecule has 0 amide bonds. The van der Waals surface area contributed by atoms with Gasteiger partial charge in [0, 0.05) is 6.54 Å². The summed E-state index contributed by atoms with van der Waals surface area (Å²) < 4.78 is 0. The van der Waals surface area contributed by atoms with Crippen LogP contribution < -0.4 is 0 Å². The molecule has 1 heterocycles. The van der Waals surface area contributed by atoms with E-state index in [0.717, 1.165) is 11.3 Å². The maximum Gasteiger partial charge on any atom is 0.00355 e. The molecule has 1 heteroatoms. The van der Waals surface area contributed by atoms with E-state index in [-0.39, 0.29) is 0 Å². The maximum absolute atomic E-state index is 2.50. The van der Waals surface area contributed by atoms with Crippen LogP contribution in [-0.4, -0.2) is 25.0 Å². The van der Waals surface area contributed by atoms with Crippen molar-refractivity contribution in [1.29, 1.82) is 0 Å². The molecular weight excluding hydrogens is 182 g/mol. The van der Waals surface area contributed by atoms with Crippen LogP contribution >= 0.6 is 0 Å². The van der Waals surface area contributed by atoms with Gasteiger partial charge in [0.15, 0.2) is 0 Å². The van der Waals surface area contributed by atoms with E-state index in [1.807, 2.05) is 27.7 Å². The number of hydrogen-bond donors (Lipinski definition) is 0. The summed E-state index contributed by atoms with van der Waals surface area (Å²) in [6, 6.07) is 0. The minimum absolute atomic E-state index is 0.758. The van der Waals surface area contributed by atoms with Crippen LogP contribution in [0, 0.1) is 11.3 Å². The van der Waals surface area contributed by atoms with Gasteiger partial charge in [-0.3, -0.25) is 0 Å². The molecule has 1 saturated carbocycles. The molecule has 0 N–H and O–H groups in total. The zero-order chi connectivity index (χ0) is 11.9. The molecule has 1 spiro atoms. The molecule has 2 unspecified atom stereocenters. The molecule has 2 fully saturated rings. The summed E-state index contributed by atoms with van der Waals surface area (Å²) in [5, 5.41) is 0. The first-order valence-electron chi connectivity index (χ1n) is 6.89. The summed E-state index contributed by atoms with van der Waals surface area (Å²) in [5.74, 6) is 1.00. The predicted octanol–water partition coefficient (Wildman–Crippen LogP) is 4.18. The van der Waals surface area contributed by atoms with Crippen LogP contribution in [-0.2, 0) is 0 Å². The van der Waals surface area contributed by atoms with Gasteiger partial charge in [0.1, 0.15) is 0 Å². The van der Waals surface area contributed by atoms with Gasteiger partial charge < -0.3 is 4.90 Å². The van der Waals surface area contributed by atoms with E-state index < -0.39 is 0 Å². The molecule has 0 aromatic heterocycles. The van der Waals surface area contributed by atoms with Crippen LogP contribution in [0.2, 0.25) is 0 Å². The third-order valence-corrected chi connectivity index (χ3v) is 3.58. The first kappa shape index (κ1) is 15.0. The first-order chi connectivity index (χ1) is 7.20. The standard InChI is InChI=1S/C10H19N.2C2H6/c1-9-3-4-10(7-9)5-6-11(2)8-10;2*1-2/h9H,3-8H2,1-2H3;2*1-2H3. The van der Waals surface area contributed by atoms with Gasteiger partial charge in [-0.25, -0.2) is 0 Å². The number of likely N-dealkylation sites (tertiary alicyclic amines) is 1. The van der Waals surface area contributed by atoms with E-state index >= 15 is 0 Å². The van der Waals surface area contributed by atoms with Crippen molar-refractivity contribution in [3.8, 4) is 0 Å². The van der Waals surface area contributed by atoms with Gasteiger partial charge in [0.05, 0.1) is 0 Å². The molecule has 0 radical (unpaired) electrons. The van der Waals surface area contributed by atoms with E-state index in [2.05, 4.69) is 18.9 Å². The van der Waals surface area contributed by atoms with Crippen LogP contribution in [0.15, 0.2) is 0 Å². The molecule has 1 aliphatic heterocycles. The quantitative estimate of drug-likeness (QED) is 0.583. The van der Waals surface area contributed by atoms with Gasteiger partial charge in [0.2, 0.25) is 0 Å². The lowest BCUT2D eigenvalue weighted by Crippen LogP contribution is -2.21. The van der Waals surface area contributed by atoms with E-state index in [1.165, 1.54) is 38.8 Å². The van der Waals surface area contributed by atoms with Crippen molar-refractivity contribution in [2.45, 2.75) is 60.3 Å². The zero-order valence-electron chi connectivity index (χ0n) is 11.8. The Bertz CT molecular complexity index is 135. The molecular formula is C14H31N. The molecule has 1 aliphatic carbocycles. The van der Waals surface area contributed by atoms with Crippen LogP contribution in [0.5, 0.6) is 0 Å². The van der Waals surface area contributed by atoms with Gasteiger partial charge in [-0.2, -0.15) is 0 Å². The smallest absolute Gasteiger partial charge is 0.00355 e. The van der Waals surface area contributed by atoms with Crippen molar-refractivity contribution < 1.29 is 0 Å². The SMILES string of the molecule is CC.CC.CC1CCC2(CCN(C)C2)C1. The van der Waals surface area contributed by atoms with E-state index in [4.69, 9.17) is 0 Å². The first-order valence-corrected chi connectivity index (χ1v) is 6.89. The van der Waals surface area contributed by atoms with Gasteiger partial charge in [-0.05, 0) is 44.2 Å². The van der Waals surface area contributed by atoms with Crippen molar-refractivity contribution >= 4 is 0 Å². The lowest BCUT2D eigenvalue weighted by Gasteiger charge is -2.22. The Kier molecular flexibility index (Phi) is 7.25. The molecule has 2 atom stereocenters. The lowest BCUT2D eigenvalue weighted by atomic mass is 9.85. The fourth-order valence-electron chi connectivity index (χ4n) is 3.03. The Balaban J connectivity index is 0.000000442. The highest BCUT2D eigenvalue weighted by molar-refractivity contribution is 4.94. The number of hydrogen-bond acceptors (Lipinski definition) is 1. The van der Waals surface area contributed by atoms with E-state index in [0.29, 0.717) is 0 Å². The second-order valence-corrected chi connectivity index (χ2v) is 4.84. The second-order valence-electron chi connectivity index (χ2n) is 4.84. The Morgan fingerprint density at radius 1 is 1.07 bits per heavy atom. The molecule has 1 nitrogen and oxygen atoms in total. The molecule has 0 aromatic carbocycles. The largest absolute Gasteiger partial charge is 0.306 e. The minimum Gasteiger partial charge on any atom is -0.306 e. The Morgan fingerprint density at radius 3 is 2.00 bits per heavy atom. The molecule has 2 rings (SSSR count). The Labute approximate surface area is 97.2 Å². The topological polar surface area (TPSA) is 3.24 Å². The highest BCUT2D eigenvalue weighted by Crippen LogP contribution is 2.47. The maximum atomic E-state index is 2.50. The Hall–Kier alpha value is -0.0400. The highest BCUT2D eigenvalue weighted by atomic mass is 15.1. The van der Waals surface area contributed by atoms with Crippen LogP contribution in [0.25, 0.3) is 0 Å². The fourth-order valence-corrected chi connectivity index (χ4v) is 3.03. The zero-order valence-corrected chi connectivity index (χ0v) is 11.8. The van der Waals surface area contributed by atoms with Gasteiger partial charge in [-0.1, -0.05) is 41.0 Å². The van der Waals surface area contributed by atoms with Crippen molar-refractivity contribution in [3.05, 3.63) is 0 Å². The highest BCUT2D eigenvalue weighted by Gasteiger charge is 2.41. The van der Waals surface area contributed by atoms with Crippen LogP contribution in [0.1, 0.15) is 60.3 Å². The average Bonchev–Trinajstić information content (AvgIpc) is 2.81. The summed E-state index contributed by atoms with van der Waals surface area (Å²) in [6.45, 7) is 13.1. The van der Waals surface area contributed by atoms with E-state index in [1.54, 1.807) is 0 Å². The summed E-state index contributed by atoms with van der Waals surface area (Å²) >= 11 is 0. The number of nitrogens with zero attached hydrogens (tertiary/aromatic N) is 1. The van der Waals surface area contributed by atoms with E-state index in [9.17, 15) is 0 Å². The van der Waals surface area contributed by atoms with Crippen molar-refractivity contribution in [3.63, 3.8) is 0 Å².